The number of rotatable bonds is 57. The lowest BCUT2D eigenvalue weighted by Gasteiger charge is -2.20. The average molecular weight is 971 g/mol. The van der Waals surface area contributed by atoms with Gasteiger partial charge in [-0.3, -0.25) is 9.59 Å². The zero-order valence-corrected chi connectivity index (χ0v) is 46.3. The summed E-state index contributed by atoms with van der Waals surface area (Å²) in [6.07, 6.45) is 73.3. The molecule has 0 aromatic carbocycles. The van der Waals surface area contributed by atoms with E-state index in [2.05, 4.69) is 43.5 Å². The van der Waals surface area contributed by atoms with Crippen molar-refractivity contribution in [1.29, 1.82) is 0 Å². The first-order valence-corrected chi connectivity index (χ1v) is 30.8. The minimum atomic E-state index is -0.846. The van der Waals surface area contributed by atoms with Gasteiger partial charge in [-0.25, -0.2) is 0 Å². The summed E-state index contributed by atoms with van der Waals surface area (Å²) in [7, 11) is 0. The zero-order chi connectivity index (χ0) is 50.0. The van der Waals surface area contributed by atoms with Crippen LogP contribution in [0.5, 0.6) is 0 Å². The summed E-state index contributed by atoms with van der Waals surface area (Å²) in [6.45, 7) is 4.88. The lowest BCUT2D eigenvalue weighted by molar-refractivity contribution is -0.143. The van der Waals surface area contributed by atoms with Crippen molar-refractivity contribution >= 4 is 11.9 Å². The third-order valence-electron chi connectivity index (χ3n) is 14.1. The lowest BCUT2D eigenvalue weighted by atomic mass is 10.0. The minimum Gasteiger partial charge on any atom is -0.466 e. The Balaban J connectivity index is 3.38. The second kappa shape index (κ2) is 58.6. The van der Waals surface area contributed by atoms with E-state index in [-0.39, 0.29) is 18.5 Å². The van der Waals surface area contributed by atoms with Crippen LogP contribution in [0.25, 0.3) is 0 Å². The van der Waals surface area contributed by atoms with Crippen molar-refractivity contribution in [2.45, 2.75) is 341 Å². The van der Waals surface area contributed by atoms with Gasteiger partial charge in [0.25, 0.3) is 0 Å². The molecule has 0 aromatic heterocycles. The van der Waals surface area contributed by atoms with E-state index in [9.17, 15) is 19.8 Å². The minimum absolute atomic E-state index is 0.0104. The molecule has 2 unspecified atom stereocenters. The smallest absolute Gasteiger partial charge is 0.305 e. The second-order valence-electron chi connectivity index (χ2n) is 21.0. The number of aliphatic hydroxyl groups is 2. The van der Waals surface area contributed by atoms with Gasteiger partial charge in [0.05, 0.1) is 25.4 Å². The van der Waals surface area contributed by atoms with Gasteiger partial charge >= 0.3 is 5.97 Å². The predicted octanol–water partition coefficient (Wildman–Crippen LogP) is 19.2. The Labute approximate surface area is 430 Å². The molecule has 0 saturated heterocycles. The molecule has 0 bridgehead atoms. The van der Waals surface area contributed by atoms with E-state index in [4.69, 9.17) is 4.74 Å². The molecule has 6 nitrogen and oxygen atoms in total. The van der Waals surface area contributed by atoms with E-state index in [1.165, 1.54) is 250 Å². The van der Waals surface area contributed by atoms with Gasteiger partial charge in [-0.2, -0.15) is 0 Å². The topological polar surface area (TPSA) is 95.9 Å². The molecule has 0 aliphatic rings. The van der Waals surface area contributed by atoms with Crippen LogP contribution in [-0.2, 0) is 14.3 Å². The fraction of sp³-hybridized carbons (Fsp3) is 0.873. The molecule has 0 fully saturated rings. The summed E-state index contributed by atoms with van der Waals surface area (Å²) in [5.41, 5.74) is 0. The van der Waals surface area contributed by atoms with Gasteiger partial charge < -0.3 is 20.3 Å². The third kappa shape index (κ3) is 55.2. The molecule has 0 aromatic rings. The molecule has 3 N–H and O–H groups in total. The van der Waals surface area contributed by atoms with Gasteiger partial charge in [0, 0.05) is 12.8 Å². The van der Waals surface area contributed by atoms with Gasteiger partial charge in [0.1, 0.15) is 0 Å². The van der Waals surface area contributed by atoms with Crippen molar-refractivity contribution in [1.82, 2.24) is 5.32 Å². The van der Waals surface area contributed by atoms with E-state index in [0.717, 1.165) is 51.4 Å². The van der Waals surface area contributed by atoms with Crippen LogP contribution >= 0.6 is 0 Å². The predicted molar refractivity (Wildman–Crippen MR) is 301 cm³/mol. The van der Waals surface area contributed by atoms with Gasteiger partial charge in [-0.05, 0) is 83.5 Å². The molecule has 1 amide bonds. The second-order valence-corrected chi connectivity index (χ2v) is 21.0. The highest BCUT2D eigenvalue weighted by Crippen LogP contribution is 2.16. The Morgan fingerprint density at radius 3 is 1.03 bits per heavy atom. The molecule has 0 saturated carbocycles. The Morgan fingerprint density at radius 1 is 0.391 bits per heavy atom. The number of unbranched alkanes of at least 4 members (excludes halogenated alkanes) is 42. The summed E-state index contributed by atoms with van der Waals surface area (Å²) < 4.78 is 5.50. The number of nitrogens with one attached hydrogen (secondary N) is 1. The van der Waals surface area contributed by atoms with E-state index in [1.54, 1.807) is 6.08 Å². The van der Waals surface area contributed by atoms with Gasteiger partial charge in [0.2, 0.25) is 5.91 Å². The van der Waals surface area contributed by atoms with Crippen molar-refractivity contribution in [2.75, 3.05) is 13.2 Å². The first kappa shape index (κ1) is 67.1. The first-order valence-electron chi connectivity index (χ1n) is 30.8. The maximum Gasteiger partial charge on any atom is 0.305 e. The van der Waals surface area contributed by atoms with Gasteiger partial charge in [0.15, 0.2) is 0 Å². The normalized spacial score (nSPS) is 12.8. The van der Waals surface area contributed by atoms with E-state index < -0.39 is 12.1 Å². The van der Waals surface area contributed by atoms with Crippen LogP contribution in [0, 0.1) is 0 Å². The molecule has 2 atom stereocenters. The number of carbonyl (C=O) groups is 2. The van der Waals surface area contributed by atoms with Crippen molar-refractivity contribution in [2.24, 2.45) is 0 Å². The maximum atomic E-state index is 12.4. The molecule has 6 heteroatoms. The molecule has 0 heterocycles. The standard InChI is InChI=1S/C63H119NO5/c1-3-5-7-9-11-13-15-16-17-18-24-28-31-34-37-41-45-49-53-57-63(68)69-58-54-50-46-42-38-35-32-29-26-23-21-19-20-22-25-27-30-33-36-40-44-48-52-56-62(67)64-60(59-65)61(66)55-51-47-43-39-14-12-10-8-6-4-2/h16-17,22,25,51,55,60-61,65-66H,3-15,18-21,23-24,26-50,52-54,56-59H2,1-2H3,(H,64,67)/b17-16-,25-22-,55-51+. The van der Waals surface area contributed by atoms with Crippen LogP contribution in [-0.4, -0.2) is 47.4 Å². The monoisotopic (exact) mass is 970 g/mol. The number of aliphatic hydroxyl groups excluding tert-OH is 2. The van der Waals surface area contributed by atoms with E-state index in [0.29, 0.717) is 19.4 Å². The van der Waals surface area contributed by atoms with Crippen LogP contribution in [0.1, 0.15) is 328 Å². The van der Waals surface area contributed by atoms with Crippen molar-refractivity contribution in [3.05, 3.63) is 36.5 Å². The Morgan fingerprint density at radius 2 is 0.681 bits per heavy atom. The number of carbonyl (C=O) groups excluding carboxylic acids is 2. The summed E-state index contributed by atoms with van der Waals surface area (Å²) in [5, 5.41) is 23.0. The largest absolute Gasteiger partial charge is 0.466 e. The maximum absolute atomic E-state index is 12.4. The zero-order valence-electron chi connectivity index (χ0n) is 46.3. The van der Waals surface area contributed by atoms with Crippen LogP contribution < -0.4 is 5.32 Å². The molecular formula is C63H119NO5. The molecule has 0 spiro atoms. The molecule has 0 rings (SSSR count). The molecular weight excluding hydrogens is 851 g/mol. The van der Waals surface area contributed by atoms with Crippen LogP contribution in [0.3, 0.4) is 0 Å². The molecule has 0 radical (unpaired) electrons. The molecule has 0 aliphatic carbocycles. The van der Waals surface area contributed by atoms with Crippen molar-refractivity contribution < 1.29 is 24.5 Å². The molecule has 0 aliphatic heterocycles. The quantitative estimate of drug-likeness (QED) is 0.0321. The highest BCUT2D eigenvalue weighted by atomic mass is 16.5. The number of allylic oxidation sites excluding steroid dienone is 5. The Kier molecular flexibility index (Phi) is 57.0. The highest BCUT2D eigenvalue weighted by molar-refractivity contribution is 5.76. The van der Waals surface area contributed by atoms with Gasteiger partial charge in [-0.1, -0.05) is 269 Å². The highest BCUT2D eigenvalue weighted by Gasteiger charge is 2.18. The molecule has 406 valence electrons. The number of ether oxygens (including phenoxy) is 1. The SMILES string of the molecule is CCCCCCCC/C=C\CCCCCCCCCCCC(=O)OCCCCCCCCCCCCCC/C=C\CCCCCCCCCC(=O)NC(CO)C(O)/C=C/CCCCCCCCCC. The lowest BCUT2D eigenvalue weighted by Crippen LogP contribution is -2.45. The van der Waals surface area contributed by atoms with E-state index in [1.807, 2.05) is 6.08 Å². The fourth-order valence-corrected chi connectivity index (χ4v) is 9.39. The van der Waals surface area contributed by atoms with Crippen LogP contribution in [0.4, 0.5) is 0 Å². The van der Waals surface area contributed by atoms with Crippen molar-refractivity contribution in [3.8, 4) is 0 Å². The molecule has 69 heavy (non-hydrogen) atoms. The first-order chi connectivity index (χ1) is 34.0. The number of hydrogen-bond donors (Lipinski definition) is 3. The number of amides is 1. The summed E-state index contributed by atoms with van der Waals surface area (Å²) in [4.78, 5) is 24.5. The average Bonchev–Trinajstić information content (AvgIpc) is 3.35. The summed E-state index contributed by atoms with van der Waals surface area (Å²) in [5.74, 6) is -0.0657. The number of esters is 1. The third-order valence-corrected chi connectivity index (χ3v) is 14.1. The van der Waals surface area contributed by atoms with Crippen LogP contribution in [0.2, 0.25) is 0 Å². The summed E-state index contributed by atoms with van der Waals surface area (Å²) >= 11 is 0. The Hall–Kier alpha value is -1.92. The Bertz CT molecular complexity index is 1120. The van der Waals surface area contributed by atoms with Crippen molar-refractivity contribution in [3.63, 3.8) is 0 Å². The van der Waals surface area contributed by atoms with E-state index >= 15 is 0 Å². The van der Waals surface area contributed by atoms with Gasteiger partial charge in [-0.15, -0.1) is 0 Å². The fourth-order valence-electron chi connectivity index (χ4n) is 9.39. The van der Waals surface area contributed by atoms with Crippen LogP contribution in [0.15, 0.2) is 36.5 Å². The summed E-state index contributed by atoms with van der Waals surface area (Å²) in [6, 6.07) is -0.631. The number of hydrogen-bond acceptors (Lipinski definition) is 5.